The van der Waals surface area contributed by atoms with Gasteiger partial charge in [-0.05, 0) is 44.9 Å². The molecule has 0 fully saturated rings. The highest BCUT2D eigenvalue weighted by atomic mass is 16.7. The first-order valence-corrected chi connectivity index (χ1v) is 11.5. The molecule has 0 amide bonds. The lowest BCUT2D eigenvalue weighted by Gasteiger charge is -2.22. The van der Waals surface area contributed by atoms with Crippen LogP contribution in [-0.4, -0.2) is 40.3 Å². The van der Waals surface area contributed by atoms with Crippen LogP contribution in [0.25, 0.3) is 0 Å². The summed E-state index contributed by atoms with van der Waals surface area (Å²) < 4.78 is 5.44. The Hall–Kier alpha value is -1.93. The number of nitrogens with two attached hydrogens (primary N) is 1. The molecule has 0 saturated carbocycles. The number of aliphatic carboxylic acids is 1. The number of carbonyl (C=O) groups excluding carboxylic acids is 2. The molecule has 0 aliphatic heterocycles. The van der Waals surface area contributed by atoms with Crippen molar-refractivity contribution in [3.05, 3.63) is 12.2 Å². The zero-order valence-electron chi connectivity index (χ0n) is 18.9. The number of aliphatic hydroxyl groups excluding tert-OH is 1. The van der Waals surface area contributed by atoms with Crippen molar-refractivity contribution in [2.45, 2.75) is 115 Å². The number of carboxylic acids is 1. The maximum atomic E-state index is 12.0. The first-order chi connectivity index (χ1) is 14.9. The van der Waals surface area contributed by atoms with E-state index in [1.807, 2.05) is 12.2 Å². The Labute approximate surface area is 186 Å². The SMILES string of the molecule is CCCCCC(OC(=O)CCCC(=O)O)C(O)C/C=C\CCCCCCCC(=O)ON. The lowest BCUT2D eigenvalue weighted by Crippen LogP contribution is -2.31. The van der Waals surface area contributed by atoms with Gasteiger partial charge in [0.05, 0.1) is 6.10 Å². The average molecular weight is 444 g/mol. The van der Waals surface area contributed by atoms with Crippen molar-refractivity contribution in [2.75, 3.05) is 0 Å². The molecule has 0 saturated heterocycles. The zero-order valence-corrected chi connectivity index (χ0v) is 18.9. The van der Waals surface area contributed by atoms with E-state index < -0.39 is 24.1 Å². The van der Waals surface area contributed by atoms with Crippen molar-refractivity contribution >= 4 is 17.9 Å². The van der Waals surface area contributed by atoms with E-state index >= 15 is 0 Å². The number of esters is 1. The summed E-state index contributed by atoms with van der Waals surface area (Å²) in [7, 11) is 0. The molecule has 4 N–H and O–H groups in total. The minimum Gasteiger partial charge on any atom is -0.481 e. The summed E-state index contributed by atoms with van der Waals surface area (Å²) in [6.45, 7) is 2.08. The summed E-state index contributed by atoms with van der Waals surface area (Å²) in [5.74, 6) is 3.02. The maximum Gasteiger partial charge on any atom is 0.324 e. The Morgan fingerprint density at radius 2 is 1.55 bits per heavy atom. The van der Waals surface area contributed by atoms with E-state index in [9.17, 15) is 19.5 Å². The van der Waals surface area contributed by atoms with Crippen LogP contribution in [0.3, 0.4) is 0 Å². The number of ether oxygens (including phenoxy) is 1. The van der Waals surface area contributed by atoms with Gasteiger partial charge in [0.15, 0.2) is 0 Å². The lowest BCUT2D eigenvalue weighted by atomic mass is 10.0. The third-order valence-corrected chi connectivity index (χ3v) is 5.00. The van der Waals surface area contributed by atoms with Gasteiger partial charge in [0.1, 0.15) is 6.10 Å². The Morgan fingerprint density at radius 3 is 2.23 bits per heavy atom. The van der Waals surface area contributed by atoms with E-state index in [1.54, 1.807) is 0 Å². The first kappa shape index (κ1) is 29.1. The van der Waals surface area contributed by atoms with Crippen LogP contribution in [0.5, 0.6) is 0 Å². The fourth-order valence-corrected chi connectivity index (χ4v) is 3.16. The highest BCUT2D eigenvalue weighted by Gasteiger charge is 2.22. The number of rotatable bonds is 20. The molecule has 0 spiro atoms. The van der Waals surface area contributed by atoms with Crippen LogP contribution in [0, 0.1) is 0 Å². The number of carbonyl (C=O) groups is 3. The Kier molecular flexibility index (Phi) is 18.8. The number of allylic oxidation sites excluding steroid dienone is 1. The summed E-state index contributed by atoms with van der Waals surface area (Å²) in [4.78, 5) is 37.5. The third-order valence-electron chi connectivity index (χ3n) is 5.00. The van der Waals surface area contributed by atoms with Gasteiger partial charge in [0, 0.05) is 19.3 Å². The molecule has 0 aromatic carbocycles. The van der Waals surface area contributed by atoms with Crippen LogP contribution in [0.2, 0.25) is 0 Å². The molecule has 0 aliphatic rings. The number of carboxylic acid groups (broad SMARTS) is 1. The molecule has 180 valence electrons. The van der Waals surface area contributed by atoms with E-state index in [1.165, 1.54) is 0 Å². The van der Waals surface area contributed by atoms with Crippen LogP contribution in [0.4, 0.5) is 0 Å². The summed E-state index contributed by atoms with van der Waals surface area (Å²) in [5.41, 5.74) is 0. The quantitative estimate of drug-likeness (QED) is 0.110. The fourth-order valence-electron chi connectivity index (χ4n) is 3.16. The Morgan fingerprint density at radius 1 is 0.871 bits per heavy atom. The van der Waals surface area contributed by atoms with Gasteiger partial charge in [0.25, 0.3) is 0 Å². The van der Waals surface area contributed by atoms with Crippen molar-refractivity contribution in [2.24, 2.45) is 5.90 Å². The van der Waals surface area contributed by atoms with Crippen LogP contribution in [0.15, 0.2) is 12.2 Å². The number of hydrogen-bond donors (Lipinski definition) is 3. The minimum absolute atomic E-state index is 0.0482. The number of unbranched alkanes of at least 4 members (excludes halogenated alkanes) is 7. The molecule has 0 aromatic rings. The Bertz CT molecular complexity index is 522. The molecular formula is C23H41NO7. The van der Waals surface area contributed by atoms with Crippen molar-refractivity contribution in [3.8, 4) is 0 Å². The van der Waals surface area contributed by atoms with Gasteiger partial charge < -0.3 is 19.8 Å². The molecule has 0 bridgehead atoms. The molecule has 8 nitrogen and oxygen atoms in total. The molecule has 2 unspecified atom stereocenters. The second kappa shape index (κ2) is 20.0. The standard InChI is InChI=1S/C23H41NO7/c1-2-3-10-15-20(30-22(28)18-13-16-21(26)27)19(25)14-11-8-6-4-5-7-9-12-17-23(29)31-24/h8,11,19-20,25H,2-7,9-10,12-18,24H2,1H3,(H,26,27)/b11-8-. The van der Waals surface area contributed by atoms with E-state index in [4.69, 9.17) is 15.7 Å². The molecular weight excluding hydrogens is 402 g/mol. The fraction of sp³-hybridized carbons (Fsp3) is 0.783. The number of aliphatic hydroxyl groups is 1. The maximum absolute atomic E-state index is 12.0. The normalized spacial score (nSPS) is 13.1. The van der Waals surface area contributed by atoms with Gasteiger partial charge in [-0.15, -0.1) is 0 Å². The first-order valence-electron chi connectivity index (χ1n) is 11.5. The minimum atomic E-state index is -0.936. The van der Waals surface area contributed by atoms with E-state index in [0.717, 1.165) is 57.8 Å². The molecule has 0 radical (unpaired) electrons. The third kappa shape index (κ3) is 18.5. The molecule has 0 heterocycles. The zero-order chi connectivity index (χ0) is 23.3. The predicted molar refractivity (Wildman–Crippen MR) is 118 cm³/mol. The van der Waals surface area contributed by atoms with Gasteiger partial charge in [-0.2, -0.15) is 5.90 Å². The second-order valence-corrected chi connectivity index (χ2v) is 7.84. The van der Waals surface area contributed by atoms with E-state index in [0.29, 0.717) is 19.3 Å². The van der Waals surface area contributed by atoms with E-state index in [-0.39, 0.29) is 25.2 Å². The number of hydrogen-bond acceptors (Lipinski definition) is 7. The molecule has 31 heavy (non-hydrogen) atoms. The summed E-state index contributed by atoms with van der Waals surface area (Å²) in [6, 6.07) is 0. The smallest absolute Gasteiger partial charge is 0.324 e. The monoisotopic (exact) mass is 443 g/mol. The highest BCUT2D eigenvalue weighted by molar-refractivity contribution is 5.71. The predicted octanol–water partition coefficient (Wildman–Crippen LogP) is 4.19. The summed E-state index contributed by atoms with van der Waals surface area (Å²) in [6.07, 6.45) is 12.9. The average Bonchev–Trinajstić information content (AvgIpc) is 2.73. The largest absolute Gasteiger partial charge is 0.481 e. The lowest BCUT2D eigenvalue weighted by molar-refractivity contribution is -0.155. The second-order valence-electron chi connectivity index (χ2n) is 7.84. The van der Waals surface area contributed by atoms with Crippen molar-refractivity contribution in [3.63, 3.8) is 0 Å². The molecule has 0 rings (SSSR count). The molecule has 8 heteroatoms. The van der Waals surface area contributed by atoms with Crippen molar-refractivity contribution in [1.29, 1.82) is 0 Å². The van der Waals surface area contributed by atoms with Crippen LogP contribution >= 0.6 is 0 Å². The van der Waals surface area contributed by atoms with Gasteiger partial charge in [-0.1, -0.05) is 51.2 Å². The molecule has 0 aromatic heterocycles. The summed E-state index contributed by atoms with van der Waals surface area (Å²) in [5, 5.41) is 19.1. The highest BCUT2D eigenvalue weighted by Crippen LogP contribution is 2.16. The van der Waals surface area contributed by atoms with Gasteiger partial charge in [-0.3, -0.25) is 14.4 Å². The van der Waals surface area contributed by atoms with Crippen LogP contribution in [0.1, 0.15) is 103 Å². The topological polar surface area (TPSA) is 136 Å². The van der Waals surface area contributed by atoms with Crippen molar-refractivity contribution < 1.29 is 34.2 Å². The Balaban J connectivity index is 4.13. The summed E-state index contributed by atoms with van der Waals surface area (Å²) >= 11 is 0. The van der Waals surface area contributed by atoms with Crippen molar-refractivity contribution in [1.82, 2.24) is 0 Å². The van der Waals surface area contributed by atoms with Crippen LogP contribution < -0.4 is 5.90 Å². The van der Waals surface area contributed by atoms with Gasteiger partial charge >= 0.3 is 17.9 Å². The van der Waals surface area contributed by atoms with Gasteiger partial charge in [0.2, 0.25) is 0 Å². The molecule has 2 atom stereocenters. The molecule has 0 aliphatic carbocycles. The van der Waals surface area contributed by atoms with E-state index in [2.05, 4.69) is 11.8 Å². The van der Waals surface area contributed by atoms with Gasteiger partial charge in [-0.25, -0.2) is 0 Å². The van der Waals surface area contributed by atoms with Crippen LogP contribution in [-0.2, 0) is 24.0 Å².